The van der Waals surface area contributed by atoms with Gasteiger partial charge >= 0.3 is 0 Å². The average Bonchev–Trinajstić information content (AvgIpc) is 2.38. The summed E-state index contributed by atoms with van der Waals surface area (Å²) in [5.74, 6) is 0.244. The van der Waals surface area contributed by atoms with E-state index < -0.39 is 0 Å². The normalized spacial score (nSPS) is 15.5. The van der Waals surface area contributed by atoms with Crippen molar-refractivity contribution in [2.75, 3.05) is 5.75 Å². The van der Waals surface area contributed by atoms with Crippen molar-refractivity contribution in [1.29, 1.82) is 0 Å². The Labute approximate surface area is 105 Å². The van der Waals surface area contributed by atoms with Crippen LogP contribution in [-0.2, 0) is 4.79 Å². The molecule has 90 valence electrons. The fraction of sp³-hybridized carbons (Fsp3) is 0.357. The van der Waals surface area contributed by atoms with E-state index in [-0.39, 0.29) is 11.6 Å². The third kappa shape index (κ3) is 3.43. The Morgan fingerprint density at radius 2 is 2.12 bits per heavy atom. The molecule has 0 bridgehead atoms. The highest BCUT2D eigenvalue weighted by molar-refractivity contribution is 8.00. The van der Waals surface area contributed by atoms with Gasteiger partial charge in [0, 0.05) is 4.90 Å². The molecule has 3 heteroatoms. The average molecular weight is 250 g/mol. The molecule has 0 fully saturated rings. The van der Waals surface area contributed by atoms with Crippen molar-refractivity contribution in [3.63, 3.8) is 0 Å². The molecule has 2 rings (SSSR count). The van der Waals surface area contributed by atoms with Gasteiger partial charge in [-0.1, -0.05) is 18.2 Å². The van der Waals surface area contributed by atoms with Crippen molar-refractivity contribution in [2.24, 2.45) is 0 Å². The molecule has 0 spiro atoms. The van der Waals surface area contributed by atoms with E-state index in [1.165, 1.54) is 24.2 Å². The number of carbonyl (C=O) groups is 1. The molecule has 0 aromatic heterocycles. The minimum Gasteiger partial charge on any atom is -0.294 e. The zero-order valence-electron chi connectivity index (χ0n) is 9.62. The smallest absolute Gasteiger partial charge is 0.168 e. The van der Waals surface area contributed by atoms with Gasteiger partial charge in [0.25, 0.3) is 0 Å². The fourth-order valence-electron chi connectivity index (χ4n) is 1.89. The summed E-state index contributed by atoms with van der Waals surface area (Å²) in [5.41, 5.74) is 0.931. The van der Waals surface area contributed by atoms with Gasteiger partial charge in [-0.2, -0.15) is 0 Å². The molecule has 1 aliphatic rings. The third-order valence-corrected chi connectivity index (χ3v) is 3.89. The van der Waals surface area contributed by atoms with E-state index in [1.807, 2.05) is 6.08 Å². The first-order valence-corrected chi connectivity index (χ1v) is 6.85. The summed E-state index contributed by atoms with van der Waals surface area (Å²) < 4.78 is 13.3. The molecule has 0 amide bonds. The zero-order chi connectivity index (χ0) is 12.1. The monoisotopic (exact) mass is 250 g/mol. The molecule has 1 aliphatic carbocycles. The van der Waals surface area contributed by atoms with Crippen LogP contribution in [0, 0.1) is 5.82 Å². The summed E-state index contributed by atoms with van der Waals surface area (Å²) in [4.78, 5) is 12.4. The topological polar surface area (TPSA) is 17.1 Å². The van der Waals surface area contributed by atoms with Gasteiger partial charge < -0.3 is 0 Å². The van der Waals surface area contributed by atoms with E-state index in [0.29, 0.717) is 10.6 Å². The fourth-order valence-corrected chi connectivity index (χ4v) is 2.74. The highest BCUT2D eigenvalue weighted by atomic mass is 32.2. The largest absolute Gasteiger partial charge is 0.294 e. The van der Waals surface area contributed by atoms with Crippen LogP contribution in [-0.4, -0.2) is 11.5 Å². The predicted molar refractivity (Wildman–Crippen MR) is 68.7 cm³/mol. The molecule has 1 aromatic carbocycles. The lowest BCUT2D eigenvalue weighted by atomic mass is 9.97. The molecule has 1 nitrogen and oxygen atoms in total. The van der Waals surface area contributed by atoms with Crippen LogP contribution in [0.15, 0.2) is 40.8 Å². The first-order chi connectivity index (χ1) is 8.27. The molecule has 17 heavy (non-hydrogen) atoms. The van der Waals surface area contributed by atoms with Crippen LogP contribution < -0.4 is 0 Å². The van der Waals surface area contributed by atoms with Gasteiger partial charge in [0.05, 0.1) is 5.75 Å². The molecular formula is C14H15FOS. The molecule has 0 heterocycles. The Bertz CT molecular complexity index is 440. The van der Waals surface area contributed by atoms with Crippen LogP contribution in [0.3, 0.4) is 0 Å². The van der Waals surface area contributed by atoms with Crippen molar-refractivity contribution in [3.8, 4) is 0 Å². The van der Waals surface area contributed by atoms with Crippen molar-refractivity contribution in [2.45, 2.75) is 30.6 Å². The molecule has 0 atom stereocenters. The second-order valence-electron chi connectivity index (χ2n) is 4.12. The second-order valence-corrected chi connectivity index (χ2v) is 5.13. The first kappa shape index (κ1) is 12.4. The lowest BCUT2D eigenvalue weighted by Crippen LogP contribution is -2.08. The highest BCUT2D eigenvalue weighted by Gasteiger charge is 2.13. The first-order valence-electron chi connectivity index (χ1n) is 5.87. The van der Waals surface area contributed by atoms with E-state index in [0.717, 1.165) is 24.8 Å². The number of hydrogen-bond acceptors (Lipinski definition) is 2. The lowest BCUT2D eigenvalue weighted by molar-refractivity contribution is -0.113. The van der Waals surface area contributed by atoms with Gasteiger partial charge in [-0.25, -0.2) is 4.39 Å². The number of Topliss-reactive ketones (excluding diaryl/α,β-unsaturated/α-hetero) is 1. The van der Waals surface area contributed by atoms with Gasteiger partial charge in [-0.15, -0.1) is 11.8 Å². The van der Waals surface area contributed by atoms with Gasteiger partial charge in [-0.05, 0) is 43.4 Å². The molecular weight excluding hydrogens is 235 g/mol. The van der Waals surface area contributed by atoms with Crippen LogP contribution >= 0.6 is 11.8 Å². The predicted octanol–water partition coefficient (Wildman–Crippen LogP) is 3.99. The summed E-state index contributed by atoms with van der Waals surface area (Å²) in [6.07, 6.45) is 6.20. The summed E-state index contributed by atoms with van der Waals surface area (Å²) in [5, 5.41) is 0. The Hall–Kier alpha value is -1.09. The van der Waals surface area contributed by atoms with Gasteiger partial charge in [0.1, 0.15) is 5.82 Å². The summed E-state index contributed by atoms with van der Waals surface area (Å²) >= 11 is 1.28. The van der Waals surface area contributed by atoms with E-state index in [1.54, 1.807) is 18.2 Å². The number of rotatable bonds is 4. The summed E-state index contributed by atoms with van der Waals surface area (Å²) in [6, 6.07) is 6.58. The molecule has 0 aliphatic heterocycles. The molecule has 0 unspecified atom stereocenters. The molecule has 0 saturated carbocycles. The van der Waals surface area contributed by atoms with E-state index in [9.17, 15) is 9.18 Å². The SMILES string of the molecule is O=C(CSc1ccccc1F)C1=CCCCC1. The minimum atomic E-state index is -0.247. The third-order valence-electron chi connectivity index (χ3n) is 2.84. The van der Waals surface area contributed by atoms with Crippen LogP contribution in [0.25, 0.3) is 0 Å². The van der Waals surface area contributed by atoms with Crippen molar-refractivity contribution in [3.05, 3.63) is 41.7 Å². The van der Waals surface area contributed by atoms with Gasteiger partial charge in [0.15, 0.2) is 5.78 Å². The van der Waals surface area contributed by atoms with E-state index >= 15 is 0 Å². The maximum atomic E-state index is 13.3. The summed E-state index contributed by atoms with van der Waals surface area (Å²) in [6.45, 7) is 0. The number of thioether (sulfide) groups is 1. The number of ketones is 1. The van der Waals surface area contributed by atoms with Crippen molar-refractivity contribution >= 4 is 17.5 Å². The van der Waals surface area contributed by atoms with Gasteiger partial charge in [-0.3, -0.25) is 4.79 Å². The Kier molecular flexibility index (Phi) is 4.37. The zero-order valence-corrected chi connectivity index (χ0v) is 10.4. The van der Waals surface area contributed by atoms with Crippen molar-refractivity contribution < 1.29 is 9.18 Å². The van der Waals surface area contributed by atoms with Crippen LogP contribution in [0.1, 0.15) is 25.7 Å². The standard InChI is InChI=1S/C14H15FOS/c15-12-8-4-5-9-14(12)17-10-13(16)11-6-2-1-3-7-11/h4-6,8-9H,1-3,7,10H2. The maximum Gasteiger partial charge on any atom is 0.168 e. The number of hydrogen-bond donors (Lipinski definition) is 0. The van der Waals surface area contributed by atoms with E-state index in [2.05, 4.69) is 0 Å². The lowest BCUT2D eigenvalue weighted by Gasteiger charge is -2.11. The summed E-state index contributed by atoms with van der Waals surface area (Å²) in [7, 11) is 0. The van der Waals surface area contributed by atoms with Crippen LogP contribution in [0.4, 0.5) is 4.39 Å². The molecule has 0 N–H and O–H groups in total. The van der Waals surface area contributed by atoms with Crippen LogP contribution in [0.5, 0.6) is 0 Å². The highest BCUT2D eigenvalue weighted by Crippen LogP contribution is 2.24. The Morgan fingerprint density at radius 1 is 1.29 bits per heavy atom. The number of carbonyl (C=O) groups excluding carboxylic acids is 1. The van der Waals surface area contributed by atoms with Gasteiger partial charge in [0.2, 0.25) is 0 Å². The maximum absolute atomic E-state index is 13.3. The molecule has 0 saturated heterocycles. The second kappa shape index (κ2) is 6.01. The Morgan fingerprint density at radius 3 is 2.82 bits per heavy atom. The minimum absolute atomic E-state index is 0.151. The quantitative estimate of drug-likeness (QED) is 0.752. The van der Waals surface area contributed by atoms with Crippen molar-refractivity contribution in [1.82, 2.24) is 0 Å². The number of benzene rings is 1. The molecule has 0 radical (unpaired) electrons. The van der Waals surface area contributed by atoms with Crippen LogP contribution in [0.2, 0.25) is 0 Å². The Balaban J connectivity index is 1.92. The number of allylic oxidation sites excluding steroid dienone is 2. The molecule has 1 aromatic rings. The van der Waals surface area contributed by atoms with E-state index in [4.69, 9.17) is 0 Å². The number of halogens is 1.